The average Bonchev–Trinajstić information content (AvgIpc) is 2.70. The van der Waals surface area contributed by atoms with Crippen LogP contribution in [0.3, 0.4) is 0 Å². The highest BCUT2D eigenvalue weighted by Crippen LogP contribution is 2.24. The first-order chi connectivity index (χ1) is 13.5. The first-order valence-electron chi connectivity index (χ1n) is 8.91. The number of piperazine rings is 1. The van der Waals surface area contributed by atoms with Gasteiger partial charge in [-0.1, -0.05) is 29.8 Å². The molecule has 3 rings (SSSR count). The number of anilines is 2. The Hall–Kier alpha value is -3.04. The van der Waals surface area contributed by atoms with E-state index in [9.17, 15) is 14.4 Å². The van der Waals surface area contributed by atoms with E-state index in [0.29, 0.717) is 42.6 Å². The number of rotatable bonds is 4. The number of carbonyl (C=O) groups excluding carboxylic acids is 1. The van der Waals surface area contributed by atoms with E-state index in [1.54, 1.807) is 49.5 Å². The Balaban J connectivity index is 1.65. The van der Waals surface area contributed by atoms with E-state index in [1.807, 2.05) is 15.9 Å². The number of nitrogens with one attached hydrogen (secondary N) is 1. The van der Waals surface area contributed by atoms with Gasteiger partial charge < -0.3 is 15.1 Å². The quantitative estimate of drug-likeness (QED) is 0.625. The smallest absolute Gasteiger partial charge is 0.267 e. The summed E-state index contributed by atoms with van der Waals surface area (Å²) >= 11 is 6.07. The molecular formula is C21H20ClFN4O. The predicted molar refractivity (Wildman–Crippen MR) is 109 cm³/mol. The zero-order valence-corrected chi connectivity index (χ0v) is 16.2. The van der Waals surface area contributed by atoms with Crippen LogP contribution in [0.4, 0.5) is 15.8 Å². The second-order valence-corrected chi connectivity index (χ2v) is 6.90. The summed E-state index contributed by atoms with van der Waals surface area (Å²) in [4.78, 5) is 16.3. The Morgan fingerprint density at radius 2 is 1.89 bits per heavy atom. The second kappa shape index (κ2) is 8.77. The van der Waals surface area contributed by atoms with Gasteiger partial charge in [-0.3, -0.25) is 4.79 Å². The van der Waals surface area contributed by atoms with Crippen molar-refractivity contribution in [1.82, 2.24) is 4.90 Å². The van der Waals surface area contributed by atoms with E-state index in [0.717, 1.165) is 5.56 Å². The first kappa shape index (κ1) is 19.7. The molecular weight excluding hydrogens is 379 g/mol. The van der Waals surface area contributed by atoms with Gasteiger partial charge in [-0.25, -0.2) is 4.39 Å². The van der Waals surface area contributed by atoms with E-state index in [4.69, 9.17) is 11.6 Å². The predicted octanol–water partition coefficient (Wildman–Crippen LogP) is 3.96. The van der Waals surface area contributed by atoms with Gasteiger partial charge in [0.2, 0.25) is 0 Å². The molecule has 0 atom stereocenters. The molecule has 0 unspecified atom stereocenters. The van der Waals surface area contributed by atoms with Crippen molar-refractivity contribution < 1.29 is 9.18 Å². The highest BCUT2D eigenvalue weighted by atomic mass is 35.5. The molecule has 2 aromatic carbocycles. The molecule has 0 saturated carbocycles. The number of benzene rings is 2. The molecule has 2 aromatic rings. The van der Waals surface area contributed by atoms with Crippen molar-refractivity contribution in [2.75, 3.05) is 36.4 Å². The largest absolute Gasteiger partial charge is 0.373 e. The minimum absolute atomic E-state index is 0.0127. The van der Waals surface area contributed by atoms with Crippen LogP contribution in [0.1, 0.15) is 5.56 Å². The summed E-state index contributed by atoms with van der Waals surface area (Å²) in [5.74, 6) is -0.732. The fraction of sp³-hybridized carbons (Fsp3) is 0.238. The van der Waals surface area contributed by atoms with Gasteiger partial charge in [-0.05, 0) is 36.8 Å². The van der Waals surface area contributed by atoms with Gasteiger partial charge in [-0.15, -0.1) is 0 Å². The standard InChI is InChI=1S/C21H20ClFN4O/c1-15-17(22)5-4-7-19(15)25-21(28)16(13-24)14-26-9-11-27(12-10-26)20-8-3-2-6-18(20)23/h2-8,14H,9-12H2,1H3,(H,25,28)/b16-14-. The van der Waals surface area contributed by atoms with E-state index in [-0.39, 0.29) is 11.4 Å². The van der Waals surface area contributed by atoms with Crippen molar-refractivity contribution >= 4 is 28.9 Å². The molecule has 1 heterocycles. The summed E-state index contributed by atoms with van der Waals surface area (Å²) in [6.07, 6.45) is 1.56. The third-order valence-electron chi connectivity index (χ3n) is 4.70. The number of nitrogens with zero attached hydrogens (tertiary/aromatic N) is 3. The van der Waals surface area contributed by atoms with Gasteiger partial charge in [0.25, 0.3) is 5.91 Å². The molecule has 1 saturated heterocycles. The zero-order chi connectivity index (χ0) is 20.1. The van der Waals surface area contributed by atoms with E-state index in [2.05, 4.69) is 5.32 Å². The maximum atomic E-state index is 13.9. The van der Waals surface area contributed by atoms with Crippen molar-refractivity contribution in [2.45, 2.75) is 6.92 Å². The van der Waals surface area contributed by atoms with Crippen LogP contribution in [0.25, 0.3) is 0 Å². The molecule has 0 radical (unpaired) electrons. The highest BCUT2D eigenvalue weighted by Gasteiger charge is 2.19. The molecule has 0 aliphatic carbocycles. The summed E-state index contributed by atoms with van der Waals surface area (Å²) < 4.78 is 13.9. The zero-order valence-electron chi connectivity index (χ0n) is 15.5. The first-order valence-corrected chi connectivity index (χ1v) is 9.29. The van der Waals surface area contributed by atoms with Crippen LogP contribution < -0.4 is 10.2 Å². The summed E-state index contributed by atoms with van der Waals surface area (Å²) in [5, 5.41) is 12.7. The van der Waals surface area contributed by atoms with Crippen LogP contribution in [0, 0.1) is 24.1 Å². The van der Waals surface area contributed by atoms with Gasteiger partial charge in [-0.2, -0.15) is 5.26 Å². The van der Waals surface area contributed by atoms with E-state index >= 15 is 0 Å². The molecule has 28 heavy (non-hydrogen) atoms. The normalized spacial score (nSPS) is 14.6. The van der Waals surface area contributed by atoms with Crippen molar-refractivity contribution in [1.29, 1.82) is 5.26 Å². The lowest BCUT2D eigenvalue weighted by Crippen LogP contribution is -2.44. The van der Waals surface area contributed by atoms with Crippen LogP contribution in [0.2, 0.25) is 5.02 Å². The Kier molecular flexibility index (Phi) is 6.17. The lowest BCUT2D eigenvalue weighted by Gasteiger charge is -2.35. The van der Waals surface area contributed by atoms with Gasteiger partial charge in [0.15, 0.2) is 0 Å². The van der Waals surface area contributed by atoms with Crippen LogP contribution in [-0.4, -0.2) is 37.0 Å². The molecule has 1 aliphatic heterocycles. The summed E-state index contributed by atoms with van der Waals surface area (Å²) in [7, 11) is 0. The lowest BCUT2D eigenvalue weighted by molar-refractivity contribution is -0.112. The molecule has 144 valence electrons. The average molecular weight is 399 g/mol. The molecule has 1 amide bonds. The Bertz CT molecular complexity index is 946. The summed E-state index contributed by atoms with van der Waals surface area (Å²) in [6.45, 7) is 4.18. The summed E-state index contributed by atoms with van der Waals surface area (Å²) in [5.41, 5.74) is 1.90. The third-order valence-corrected chi connectivity index (χ3v) is 5.11. The molecule has 5 nitrogen and oxygen atoms in total. The van der Waals surface area contributed by atoms with Gasteiger partial charge in [0.1, 0.15) is 17.5 Å². The van der Waals surface area contributed by atoms with Gasteiger partial charge in [0.05, 0.1) is 5.69 Å². The van der Waals surface area contributed by atoms with E-state index in [1.165, 1.54) is 6.07 Å². The van der Waals surface area contributed by atoms with Crippen LogP contribution in [0.15, 0.2) is 54.2 Å². The number of hydrogen-bond donors (Lipinski definition) is 1. The topological polar surface area (TPSA) is 59.4 Å². The second-order valence-electron chi connectivity index (χ2n) is 6.50. The monoisotopic (exact) mass is 398 g/mol. The van der Waals surface area contributed by atoms with Crippen molar-refractivity contribution in [3.05, 3.63) is 70.6 Å². The van der Waals surface area contributed by atoms with Crippen molar-refractivity contribution in [3.8, 4) is 6.07 Å². The van der Waals surface area contributed by atoms with Crippen molar-refractivity contribution in [3.63, 3.8) is 0 Å². The Labute approximate surface area is 168 Å². The number of hydrogen-bond acceptors (Lipinski definition) is 4. The van der Waals surface area contributed by atoms with Crippen LogP contribution in [0.5, 0.6) is 0 Å². The fourth-order valence-electron chi connectivity index (χ4n) is 3.05. The Morgan fingerprint density at radius 3 is 2.57 bits per heavy atom. The van der Waals surface area contributed by atoms with Gasteiger partial charge in [0, 0.05) is 43.1 Å². The van der Waals surface area contributed by atoms with Crippen molar-refractivity contribution in [2.24, 2.45) is 0 Å². The number of para-hydroxylation sites is 1. The molecule has 1 fully saturated rings. The van der Waals surface area contributed by atoms with Crippen LogP contribution >= 0.6 is 11.6 Å². The molecule has 0 aromatic heterocycles. The maximum Gasteiger partial charge on any atom is 0.267 e. The highest BCUT2D eigenvalue weighted by molar-refractivity contribution is 6.31. The number of nitriles is 1. The molecule has 0 bridgehead atoms. The molecule has 1 aliphatic rings. The van der Waals surface area contributed by atoms with Gasteiger partial charge >= 0.3 is 0 Å². The lowest BCUT2D eigenvalue weighted by atomic mass is 10.2. The number of halogens is 2. The number of amides is 1. The molecule has 1 N–H and O–H groups in total. The third kappa shape index (κ3) is 4.44. The maximum absolute atomic E-state index is 13.9. The van der Waals surface area contributed by atoms with Crippen LogP contribution in [-0.2, 0) is 4.79 Å². The minimum atomic E-state index is -0.482. The Morgan fingerprint density at radius 1 is 1.18 bits per heavy atom. The number of carbonyl (C=O) groups is 1. The summed E-state index contributed by atoms with van der Waals surface area (Å²) in [6, 6.07) is 13.8. The minimum Gasteiger partial charge on any atom is -0.373 e. The SMILES string of the molecule is Cc1c(Cl)cccc1NC(=O)/C(C#N)=C\N1CCN(c2ccccc2F)CC1. The van der Waals surface area contributed by atoms with E-state index < -0.39 is 5.91 Å². The fourth-order valence-corrected chi connectivity index (χ4v) is 3.23. The molecule has 0 spiro atoms. The molecule has 7 heteroatoms.